The van der Waals surface area contributed by atoms with Crippen molar-refractivity contribution in [2.24, 2.45) is 5.92 Å². The molecule has 1 saturated heterocycles. The summed E-state index contributed by atoms with van der Waals surface area (Å²) in [5.74, 6) is 0.280. The molecule has 3 aliphatic rings. The minimum absolute atomic E-state index is 0.00859. The Morgan fingerprint density at radius 1 is 1.17 bits per heavy atom. The van der Waals surface area contributed by atoms with Gasteiger partial charge in [0.1, 0.15) is 0 Å². The number of allylic oxidation sites excluding steroid dienone is 2. The number of piperidine rings is 1. The minimum atomic E-state index is -0.155. The number of amides is 2. The van der Waals surface area contributed by atoms with Crippen LogP contribution in [0.25, 0.3) is 9.65 Å². The zero-order valence-electron chi connectivity index (χ0n) is 16.3. The molecule has 0 radical (unpaired) electrons. The molecule has 30 heavy (non-hydrogen) atoms. The molecule has 6 heteroatoms. The van der Waals surface area contributed by atoms with Crippen LogP contribution in [0.1, 0.15) is 38.5 Å². The molecule has 6 rings (SSSR count). The molecule has 0 bridgehead atoms. The summed E-state index contributed by atoms with van der Waals surface area (Å²) in [5.41, 5.74) is 3.33. The molecule has 1 unspecified atom stereocenters. The summed E-state index contributed by atoms with van der Waals surface area (Å²) in [5, 5.41) is 3.78. The van der Waals surface area contributed by atoms with E-state index >= 15 is 0 Å². The fourth-order valence-electron chi connectivity index (χ4n) is 5.14. The molecule has 5 nitrogen and oxygen atoms in total. The number of carbonyl (C=O) groups excluding carboxylic acids is 3. The number of anilines is 1. The van der Waals surface area contributed by atoms with E-state index in [-0.39, 0.29) is 37.5 Å². The number of nitrogens with one attached hydrogen (secondary N) is 1. The normalized spacial score (nSPS) is 23.5. The fraction of sp³-hybridized carbons (Fsp3) is 0.208. The molecule has 3 aromatic rings. The van der Waals surface area contributed by atoms with E-state index in [1.807, 2.05) is 53.4 Å². The van der Waals surface area contributed by atoms with Crippen LogP contribution in [0, 0.1) is 5.92 Å². The SMILES string of the molecule is CC(=O)Nc1ccc2[se]c(C(=O)N3C[C@H]4CC45C3=CC(=O)c3ccccc35)cc2c1. The Hall–Kier alpha value is -2.95. The summed E-state index contributed by atoms with van der Waals surface area (Å²) in [7, 11) is 0. The van der Waals surface area contributed by atoms with Gasteiger partial charge in [0.2, 0.25) is 0 Å². The number of fused-ring (bicyclic) bond motifs is 2. The van der Waals surface area contributed by atoms with Crippen LogP contribution in [0.5, 0.6) is 0 Å². The van der Waals surface area contributed by atoms with Crippen molar-refractivity contribution in [3.8, 4) is 0 Å². The van der Waals surface area contributed by atoms with Gasteiger partial charge in [0.15, 0.2) is 0 Å². The topological polar surface area (TPSA) is 66.5 Å². The van der Waals surface area contributed by atoms with Crippen LogP contribution >= 0.6 is 0 Å². The molecule has 2 atom stereocenters. The standard InChI is InChI=1S/C24H18N2O3Se/c1-13(27)25-16-6-7-20-14(8-16)9-21(30-20)23(29)26-12-15-11-24(15)18-5-3-2-4-17(18)19(28)10-22(24)26/h2-10,15H,11-12H2,1H3,(H,25,27)/t15-,24?/m1/s1. The average molecular weight is 461 g/mol. The van der Waals surface area contributed by atoms with Gasteiger partial charge in [-0.05, 0) is 0 Å². The second kappa shape index (κ2) is 6.03. The first-order valence-corrected chi connectivity index (χ1v) is 11.7. The number of likely N-dealkylation sites (tertiary alicyclic amines) is 1. The van der Waals surface area contributed by atoms with Gasteiger partial charge in [0.05, 0.1) is 0 Å². The number of carbonyl (C=O) groups is 3. The van der Waals surface area contributed by atoms with Crippen molar-refractivity contribution in [3.63, 3.8) is 0 Å². The molecular formula is C24H18N2O3Se. The van der Waals surface area contributed by atoms with Crippen molar-refractivity contribution in [1.29, 1.82) is 0 Å². The van der Waals surface area contributed by atoms with Crippen LogP contribution in [0.3, 0.4) is 0 Å². The Labute approximate surface area is 179 Å². The van der Waals surface area contributed by atoms with Gasteiger partial charge >= 0.3 is 179 Å². The molecule has 2 amide bonds. The van der Waals surface area contributed by atoms with Gasteiger partial charge < -0.3 is 0 Å². The number of ketones is 1. The molecule has 1 saturated carbocycles. The molecule has 1 aliphatic heterocycles. The summed E-state index contributed by atoms with van der Waals surface area (Å²) < 4.78 is 1.93. The Bertz CT molecular complexity index is 1320. The number of nitrogens with zero attached hydrogens (tertiary/aromatic N) is 1. The van der Waals surface area contributed by atoms with E-state index < -0.39 is 0 Å². The first-order chi connectivity index (χ1) is 14.5. The second-order valence-corrected chi connectivity index (χ2v) is 10.5. The van der Waals surface area contributed by atoms with Crippen molar-refractivity contribution >= 4 is 47.4 Å². The van der Waals surface area contributed by atoms with E-state index in [2.05, 4.69) is 5.32 Å². The Morgan fingerprint density at radius 3 is 2.83 bits per heavy atom. The van der Waals surface area contributed by atoms with Gasteiger partial charge in [-0.25, -0.2) is 0 Å². The van der Waals surface area contributed by atoms with Crippen LogP contribution in [-0.2, 0) is 10.2 Å². The monoisotopic (exact) mass is 462 g/mol. The zero-order valence-corrected chi connectivity index (χ0v) is 18.0. The maximum atomic E-state index is 13.5. The predicted molar refractivity (Wildman–Crippen MR) is 115 cm³/mol. The third-order valence-corrected chi connectivity index (χ3v) is 8.81. The zero-order chi connectivity index (χ0) is 20.6. The first-order valence-electron chi connectivity index (χ1n) is 9.96. The van der Waals surface area contributed by atoms with E-state index in [0.29, 0.717) is 12.5 Å². The molecular weight excluding hydrogens is 443 g/mol. The van der Waals surface area contributed by atoms with E-state index in [9.17, 15) is 14.4 Å². The summed E-state index contributed by atoms with van der Waals surface area (Å²) in [6.45, 7) is 2.15. The summed E-state index contributed by atoms with van der Waals surface area (Å²) in [6, 6.07) is 15.6. The van der Waals surface area contributed by atoms with Crippen LogP contribution in [0.15, 0.2) is 60.3 Å². The molecule has 2 aromatic carbocycles. The van der Waals surface area contributed by atoms with Gasteiger partial charge in [0.25, 0.3) is 0 Å². The van der Waals surface area contributed by atoms with Crippen LogP contribution in [0.2, 0.25) is 0 Å². The van der Waals surface area contributed by atoms with E-state index in [0.717, 1.165) is 43.0 Å². The molecule has 2 heterocycles. The summed E-state index contributed by atoms with van der Waals surface area (Å²) in [4.78, 5) is 39.4. The molecule has 1 N–H and O–H groups in total. The van der Waals surface area contributed by atoms with Crippen molar-refractivity contribution in [1.82, 2.24) is 4.90 Å². The van der Waals surface area contributed by atoms with Gasteiger partial charge in [-0.2, -0.15) is 0 Å². The molecule has 2 fully saturated rings. The molecule has 148 valence electrons. The van der Waals surface area contributed by atoms with E-state index in [1.165, 1.54) is 6.92 Å². The number of hydrogen-bond donors (Lipinski definition) is 1. The summed E-state index contributed by atoms with van der Waals surface area (Å²) in [6.07, 6.45) is 2.70. The quantitative estimate of drug-likeness (QED) is 0.596. The van der Waals surface area contributed by atoms with Gasteiger partial charge in [-0.15, -0.1) is 0 Å². The van der Waals surface area contributed by atoms with Gasteiger partial charge in [-0.3, -0.25) is 0 Å². The molecule has 2 aliphatic carbocycles. The van der Waals surface area contributed by atoms with E-state index in [4.69, 9.17) is 0 Å². The van der Waals surface area contributed by atoms with Crippen molar-refractivity contribution < 1.29 is 14.4 Å². The Kier molecular flexibility index (Phi) is 3.59. The van der Waals surface area contributed by atoms with Crippen molar-refractivity contribution in [2.45, 2.75) is 18.8 Å². The Balaban J connectivity index is 1.37. The summed E-state index contributed by atoms with van der Waals surface area (Å²) >= 11 is -0.0851. The van der Waals surface area contributed by atoms with Crippen LogP contribution in [-0.4, -0.2) is 43.5 Å². The van der Waals surface area contributed by atoms with E-state index in [1.54, 1.807) is 6.08 Å². The van der Waals surface area contributed by atoms with Crippen LogP contribution in [0.4, 0.5) is 5.69 Å². The van der Waals surface area contributed by atoms with Crippen molar-refractivity contribution in [2.75, 3.05) is 11.9 Å². The second-order valence-electron chi connectivity index (χ2n) is 8.27. The molecule has 1 spiro atoms. The maximum absolute atomic E-state index is 13.5. The number of rotatable bonds is 2. The molecule has 1 aromatic heterocycles. The third-order valence-electron chi connectivity index (χ3n) is 6.49. The third kappa shape index (κ3) is 2.38. The van der Waals surface area contributed by atoms with Crippen LogP contribution < -0.4 is 5.32 Å². The van der Waals surface area contributed by atoms with Gasteiger partial charge in [0, 0.05) is 0 Å². The number of hydrogen-bond acceptors (Lipinski definition) is 3. The Morgan fingerprint density at radius 2 is 2.00 bits per heavy atom. The average Bonchev–Trinajstić information content (AvgIpc) is 3.11. The number of benzene rings is 2. The fourth-order valence-corrected chi connectivity index (χ4v) is 7.22. The predicted octanol–water partition coefficient (Wildman–Crippen LogP) is 3.35. The first kappa shape index (κ1) is 17.9. The van der Waals surface area contributed by atoms with Gasteiger partial charge in [-0.1, -0.05) is 0 Å². The van der Waals surface area contributed by atoms with Crippen molar-refractivity contribution in [3.05, 3.63) is 75.9 Å².